The molecule has 266 valence electrons. The standard InChI is InChI=1S/C43H46O8/c44-37(30-46-38-24-14-5-15-25-38)31-50-43-42(49-29-36-22-12-4-13-23-36)41(48-28-35-20-10-3-11-21-35)40(47-27-34-18-8-2-9-19-34)39(51-43)32-45-26-33-16-6-1-7-17-33/h1-25,37,39-44H,26-32H2/t37-,39-,40+,41+,42-,43+/m1/s1. The molecule has 0 bridgehead atoms. The molecule has 51 heavy (non-hydrogen) atoms. The molecule has 0 saturated carbocycles. The van der Waals surface area contributed by atoms with Crippen LogP contribution in [0.25, 0.3) is 0 Å². The van der Waals surface area contributed by atoms with Crippen LogP contribution in [0.2, 0.25) is 0 Å². The predicted octanol–water partition coefficient (Wildman–Crippen LogP) is 7.14. The first-order valence-electron chi connectivity index (χ1n) is 17.4. The summed E-state index contributed by atoms with van der Waals surface area (Å²) in [5.74, 6) is 0.665. The van der Waals surface area contributed by atoms with Crippen molar-refractivity contribution in [2.24, 2.45) is 0 Å². The molecule has 5 aromatic carbocycles. The van der Waals surface area contributed by atoms with E-state index in [1.165, 1.54) is 0 Å². The van der Waals surface area contributed by atoms with Gasteiger partial charge in [0.25, 0.3) is 0 Å². The van der Waals surface area contributed by atoms with Gasteiger partial charge in [-0.05, 0) is 34.4 Å². The second-order valence-corrected chi connectivity index (χ2v) is 12.4. The van der Waals surface area contributed by atoms with Crippen LogP contribution in [0.4, 0.5) is 0 Å². The Bertz CT molecular complexity index is 1640. The molecule has 0 amide bonds. The first kappa shape index (κ1) is 36.4. The lowest BCUT2D eigenvalue weighted by molar-refractivity contribution is -0.331. The Morgan fingerprint density at radius 3 is 1.41 bits per heavy atom. The molecular weight excluding hydrogens is 644 g/mol. The van der Waals surface area contributed by atoms with Crippen molar-refractivity contribution in [3.63, 3.8) is 0 Å². The zero-order valence-corrected chi connectivity index (χ0v) is 28.7. The Labute approximate surface area is 300 Å². The highest BCUT2D eigenvalue weighted by Gasteiger charge is 2.49. The van der Waals surface area contributed by atoms with Crippen LogP contribution in [0.15, 0.2) is 152 Å². The van der Waals surface area contributed by atoms with Crippen molar-refractivity contribution in [1.29, 1.82) is 0 Å². The maximum Gasteiger partial charge on any atom is 0.187 e. The maximum absolute atomic E-state index is 10.9. The van der Waals surface area contributed by atoms with E-state index in [2.05, 4.69) is 0 Å². The summed E-state index contributed by atoms with van der Waals surface area (Å²) in [6.07, 6.45) is -4.36. The number of aliphatic hydroxyl groups excluding tert-OH is 1. The zero-order valence-electron chi connectivity index (χ0n) is 28.7. The van der Waals surface area contributed by atoms with E-state index in [1.807, 2.05) is 152 Å². The maximum atomic E-state index is 10.9. The van der Waals surface area contributed by atoms with Crippen LogP contribution in [-0.4, -0.2) is 61.7 Å². The Morgan fingerprint density at radius 2 is 0.902 bits per heavy atom. The minimum Gasteiger partial charge on any atom is -0.491 e. The van der Waals surface area contributed by atoms with Crippen LogP contribution in [0, 0.1) is 0 Å². The first-order chi connectivity index (χ1) is 25.2. The van der Waals surface area contributed by atoms with E-state index in [4.69, 9.17) is 33.2 Å². The molecule has 6 rings (SSSR count). The summed E-state index contributed by atoms with van der Waals surface area (Å²) in [5.41, 5.74) is 4.06. The Hall–Kier alpha value is -4.38. The average molecular weight is 691 g/mol. The van der Waals surface area contributed by atoms with Gasteiger partial charge >= 0.3 is 0 Å². The number of para-hydroxylation sites is 1. The van der Waals surface area contributed by atoms with Crippen molar-refractivity contribution in [2.75, 3.05) is 19.8 Å². The highest BCUT2D eigenvalue weighted by molar-refractivity contribution is 5.21. The predicted molar refractivity (Wildman–Crippen MR) is 194 cm³/mol. The van der Waals surface area contributed by atoms with E-state index in [0.29, 0.717) is 32.2 Å². The Morgan fingerprint density at radius 1 is 0.471 bits per heavy atom. The normalized spacial score (nSPS) is 20.8. The van der Waals surface area contributed by atoms with Gasteiger partial charge in [0, 0.05) is 0 Å². The van der Waals surface area contributed by atoms with Crippen molar-refractivity contribution >= 4 is 0 Å². The van der Waals surface area contributed by atoms with E-state index in [1.54, 1.807) is 0 Å². The third-order valence-corrected chi connectivity index (χ3v) is 8.48. The fourth-order valence-electron chi connectivity index (χ4n) is 5.84. The first-order valence-corrected chi connectivity index (χ1v) is 17.4. The lowest BCUT2D eigenvalue weighted by Gasteiger charge is -2.46. The van der Waals surface area contributed by atoms with Crippen molar-refractivity contribution < 1.29 is 38.3 Å². The second kappa shape index (κ2) is 19.9. The number of aliphatic hydroxyl groups is 1. The molecule has 1 saturated heterocycles. The molecule has 0 aliphatic carbocycles. The molecule has 5 aromatic rings. The van der Waals surface area contributed by atoms with E-state index in [9.17, 15) is 5.11 Å². The smallest absolute Gasteiger partial charge is 0.187 e. The van der Waals surface area contributed by atoms with Gasteiger partial charge in [0.05, 0.1) is 39.6 Å². The van der Waals surface area contributed by atoms with Gasteiger partial charge in [0.2, 0.25) is 0 Å². The molecule has 6 atom stereocenters. The molecule has 8 nitrogen and oxygen atoms in total. The van der Waals surface area contributed by atoms with Gasteiger partial charge in [-0.3, -0.25) is 0 Å². The Balaban J connectivity index is 1.25. The summed E-state index contributed by atoms with van der Waals surface area (Å²) in [5, 5.41) is 10.9. The van der Waals surface area contributed by atoms with Gasteiger partial charge in [0.1, 0.15) is 42.9 Å². The zero-order chi connectivity index (χ0) is 34.9. The number of benzene rings is 5. The molecule has 0 aromatic heterocycles. The van der Waals surface area contributed by atoms with E-state index in [-0.39, 0.29) is 19.8 Å². The van der Waals surface area contributed by atoms with Crippen LogP contribution in [0.3, 0.4) is 0 Å². The minimum atomic E-state index is -0.924. The average Bonchev–Trinajstić information content (AvgIpc) is 3.19. The summed E-state index contributed by atoms with van der Waals surface area (Å²) in [7, 11) is 0. The van der Waals surface area contributed by atoms with Crippen LogP contribution >= 0.6 is 0 Å². The molecule has 8 heteroatoms. The molecule has 0 unspecified atom stereocenters. The molecule has 0 spiro atoms. The topological polar surface area (TPSA) is 84.8 Å². The van der Waals surface area contributed by atoms with Gasteiger partial charge in [-0.1, -0.05) is 140 Å². The van der Waals surface area contributed by atoms with Crippen LogP contribution < -0.4 is 4.74 Å². The lowest BCUT2D eigenvalue weighted by atomic mass is 9.97. The molecule has 1 heterocycles. The molecule has 1 N–H and O–H groups in total. The highest BCUT2D eigenvalue weighted by Crippen LogP contribution is 2.32. The third-order valence-electron chi connectivity index (χ3n) is 8.48. The fourth-order valence-corrected chi connectivity index (χ4v) is 5.84. The molecule has 1 aliphatic heterocycles. The van der Waals surface area contributed by atoms with Gasteiger partial charge in [0.15, 0.2) is 6.29 Å². The summed E-state index contributed by atoms with van der Waals surface area (Å²) in [4.78, 5) is 0. The van der Waals surface area contributed by atoms with E-state index in [0.717, 1.165) is 22.3 Å². The summed E-state index contributed by atoms with van der Waals surface area (Å²) in [6.45, 7) is 1.55. The van der Waals surface area contributed by atoms with Crippen LogP contribution in [0.1, 0.15) is 22.3 Å². The van der Waals surface area contributed by atoms with Crippen molar-refractivity contribution in [1.82, 2.24) is 0 Å². The molecule has 0 radical (unpaired) electrons. The quantitative estimate of drug-likeness (QED) is 0.0980. The van der Waals surface area contributed by atoms with E-state index < -0.39 is 36.8 Å². The van der Waals surface area contributed by atoms with Gasteiger partial charge in [-0.2, -0.15) is 0 Å². The molecular formula is C43H46O8. The fraction of sp³-hybridized carbons (Fsp3) is 0.302. The summed E-state index contributed by atoms with van der Waals surface area (Å²) < 4.78 is 45.2. The number of hydrogen-bond donors (Lipinski definition) is 1. The van der Waals surface area contributed by atoms with Crippen molar-refractivity contribution in [3.05, 3.63) is 174 Å². The van der Waals surface area contributed by atoms with Crippen molar-refractivity contribution in [2.45, 2.75) is 63.2 Å². The number of ether oxygens (including phenoxy) is 7. The van der Waals surface area contributed by atoms with Gasteiger partial charge in [-0.25, -0.2) is 0 Å². The highest BCUT2D eigenvalue weighted by atomic mass is 16.7. The molecule has 1 fully saturated rings. The third kappa shape index (κ3) is 11.6. The van der Waals surface area contributed by atoms with Crippen LogP contribution in [-0.2, 0) is 54.8 Å². The monoisotopic (exact) mass is 690 g/mol. The number of rotatable bonds is 19. The van der Waals surface area contributed by atoms with E-state index >= 15 is 0 Å². The summed E-state index contributed by atoms with van der Waals surface area (Å²) in [6, 6.07) is 49.3. The largest absolute Gasteiger partial charge is 0.491 e. The van der Waals surface area contributed by atoms with Crippen molar-refractivity contribution in [3.8, 4) is 5.75 Å². The second-order valence-electron chi connectivity index (χ2n) is 12.4. The van der Waals surface area contributed by atoms with Crippen LogP contribution in [0.5, 0.6) is 5.75 Å². The minimum absolute atomic E-state index is 0.0482. The SMILES string of the molecule is O[C@H](COc1ccccc1)CO[C@H]1O[C@H](COCc2ccccc2)[C@H](OCc2ccccc2)[C@H](OCc2ccccc2)[C@H]1OCc1ccccc1. The summed E-state index contributed by atoms with van der Waals surface area (Å²) >= 11 is 0. The number of hydrogen-bond acceptors (Lipinski definition) is 8. The lowest BCUT2D eigenvalue weighted by Crippen LogP contribution is -2.62. The molecule has 1 aliphatic rings. The van der Waals surface area contributed by atoms with Gasteiger partial charge < -0.3 is 38.3 Å². The van der Waals surface area contributed by atoms with Gasteiger partial charge in [-0.15, -0.1) is 0 Å². The Kier molecular flexibility index (Phi) is 14.2.